The number of carboxylic acid groups (broad SMARTS) is 1. The molecule has 0 atom stereocenters. The molecule has 0 unspecified atom stereocenters. The van der Waals surface area contributed by atoms with Crippen molar-refractivity contribution in [2.75, 3.05) is 0 Å². The van der Waals surface area contributed by atoms with E-state index in [2.05, 4.69) is 25.2 Å². The molecule has 0 aliphatic rings. The number of allylic oxidation sites excluding steroid dienone is 8. The van der Waals surface area contributed by atoms with E-state index in [1.54, 1.807) is 0 Å². The van der Waals surface area contributed by atoms with Crippen LogP contribution in [0.15, 0.2) is 48.6 Å². The van der Waals surface area contributed by atoms with Gasteiger partial charge in [0.25, 0.3) is 5.79 Å². The minimum atomic E-state index is -2.60. The fourth-order valence-electron chi connectivity index (χ4n) is 2.01. The molecule has 24 heavy (non-hydrogen) atoms. The number of aliphatic carboxylic acids is 1. The Kier molecular flexibility index (Phi) is 13.9. The van der Waals surface area contributed by atoms with Crippen molar-refractivity contribution in [1.82, 2.24) is 0 Å². The molecule has 0 aromatic carbocycles. The van der Waals surface area contributed by atoms with E-state index in [0.29, 0.717) is 6.42 Å². The molecule has 136 valence electrons. The molecule has 0 aromatic heterocycles. The van der Waals surface area contributed by atoms with Gasteiger partial charge in [-0.2, -0.15) is 0 Å². The lowest BCUT2D eigenvalue weighted by Gasteiger charge is -2.15. The van der Waals surface area contributed by atoms with Crippen molar-refractivity contribution >= 4 is 5.97 Å². The van der Waals surface area contributed by atoms with E-state index in [1.165, 1.54) is 25.7 Å². The van der Waals surface area contributed by atoms with Crippen LogP contribution in [0.2, 0.25) is 0 Å². The van der Waals surface area contributed by atoms with Crippen molar-refractivity contribution in [3.63, 3.8) is 0 Å². The minimum absolute atomic E-state index is 0.152. The van der Waals surface area contributed by atoms with Crippen molar-refractivity contribution in [3.8, 4) is 0 Å². The maximum Gasteiger partial charge on any atom is 0.364 e. The van der Waals surface area contributed by atoms with Crippen LogP contribution < -0.4 is 0 Å². The van der Waals surface area contributed by atoms with Gasteiger partial charge in [-0.25, -0.2) is 4.79 Å². The first-order chi connectivity index (χ1) is 11.5. The molecular formula is C20H32O4. The molecule has 3 N–H and O–H groups in total. The fraction of sp³-hybridized carbons (Fsp3) is 0.550. The third kappa shape index (κ3) is 14.0. The first kappa shape index (κ1) is 22.4. The predicted octanol–water partition coefficient (Wildman–Crippen LogP) is 4.51. The Labute approximate surface area is 145 Å². The van der Waals surface area contributed by atoms with Crippen LogP contribution in [-0.4, -0.2) is 27.1 Å². The molecule has 0 aromatic rings. The molecule has 0 heterocycles. The number of aliphatic hydroxyl groups is 2. The lowest BCUT2D eigenvalue weighted by Crippen LogP contribution is -2.37. The number of unbranched alkanes of at least 4 members (excludes halogenated alkanes) is 5. The molecule has 0 bridgehead atoms. The highest BCUT2D eigenvalue weighted by Gasteiger charge is 2.31. The van der Waals surface area contributed by atoms with Gasteiger partial charge in [0.2, 0.25) is 0 Å². The van der Waals surface area contributed by atoms with Gasteiger partial charge < -0.3 is 15.3 Å². The Hall–Kier alpha value is -1.65. The zero-order valence-corrected chi connectivity index (χ0v) is 14.7. The number of carboxylic acids is 1. The maximum atomic E-state index is 10.5. The summed E-state index contributed by atoms with van der Waals surface area (Å²) >= 11 is 0. The average molecular weight is 336 g/mol. The molecule has 0 amide bonds. The van der Waals surface area contributed by atoms with E-state index in [-0.39, 0.29) is 6.42 Å². The van der Waals surface area contributed by atoms with Gasteiger partial charge >= 0.3 is 5.97 Å². The van der Waals surface area contributed by atoms with Crippen molar-refractivity contribution in [2.45, 2.75) is 70.5 Å². The van der Waals surface area contributed by atoms with E-state index in [0.717, 1.165) is 19.3 Å². The summed E-state index contributed by atoms with van der Waals surface area (Å²) in [4.78, 5) is 10.5. The van der Waals surface area contributed by atoms with E-state index in [1.807, 2.05) is 30.4 Å². The molecule has 4 nitrogen and oxygen atoms in total. The van der Waals surface area contributed by atoms with Crippen LogP contribution in [0.5, 0.6) is 0 Å². The number of rotatable bonds is 14. The molecule has 0 aliphatic heterocycles. The maximum absolute atomic E-state index is 10.5. The average Bonchev–Trinajstić information content (AvgIpc) is 2.54. The van der Waals surface area contributed by atoms with Gasteiger partial charge in [0.05, 0.1) is 0 Å². The summed E-state index contributed by atoms with van der Waals surface area (Å²) in [6.45, 7) is 2.21. The van der Waals surface area contributed by atoms with Crippen LogP contribution in [0.25, 0.3) is 0 Å². The van der Waals surface area contributed by atoms with Gasteiger partial charge in [-0.3, -0.25) is 0 Å². The third-order valence-electron chi connectivity index (χ3n) is 3.51. The minimum Gasteiger partial charge on any atom is -0.477 e. The van der Waals surface area contributed by atoms with Crippen LogP contribution in [0.3, 0.4) is 0 Å². The second-order valence-electron chi connectivity index (χ2n) is 5.81. The highest BCUT2D eigenvalue weighted by Crippen LogP contribution is 2.12. The lowest BCUT2D eigenvalue weighted by atomic mass is 10.1. The molecule has 0 radical (unpaired) electrons. The third-order valence-corrected chi connectivity index (χ3v) is 3.51. The zero-order chi connectivity index (χ0) is 18.1. The summed E-state index contributed by atoms with van der Waals surface area (Å²) in [6.07, 6.45) is 24.1. The normalized spacial score (nSPS) is 13.1. The zero-order valence-electron chi connectivity index (χ0n) is 14.7. The van der Waals surface area contributed by atoms with Crippen LogP contribution >= 0.6 is 0 Å². The fourth-order valence-corrected chi connectivity index (χ4v) is 2.01. The second kappa shape index (κ2) is 14.9. The summed E-state index contributed by atoms with van der Waals surface area (Å²) in [7, 11) is 0. The van der Waals surface area contributed by atoms with Gasteiger partial charge in [-0.15, -0.1) is 0 Å². The molecule has 0 spiro atoms. The Morgan fingerprint density at radius 1 is 0.833 bits per heavy atom. The van der Waals surface area contributed by atoms with Crippen molar-refractivity contribution in [3.05, 3.63) is 48.6 Å². The summed E-state index contributed by atoms with van der Waals surface area (Å²) < 4.78 is 0. The molecule has 0 saturated carbocycles. The summed E-state index contributed by atoms with van der Waals surface area (Å²) in [5.41, 5.74) is 0. The number of hydrogen-bond acceptors (Lipinski definition) is 3. The Bertz CT molecular complexity index is 431. The standard InChI is InChI=1S/C20H32O4/c1-2-3-4-5-6-7-8-9-10-11-12-13-14-15-16-17-18-20(23,24)19(21)22/h6-7,9-14,23-24H,2-5,8,15-18H2,1H3,(H,21,22). The first-order valence-electron chi connectivity index (χ1n) is 8.82. The van der Waals surface area contributed by atoms with E-state index >= 15 is 0 Å². The predicted molar refractivity (Wildman–Crippen MR) is 98.6 cm³/mol. The molecule has 4 heteroatoms. The number of carbonyl (C=O) groups is 1. The topological polar surface area (TPSA) is 77.8 Å². The highest BCUT2D eigenvalue weighted by molar-refractivity contribution is 5.74. The summed E-state index contributed by atoms with van der Waals surface area (Å²) in [5, 5.41) is 26.8. The van der Waals surface area contributed by atoms with Crippen molar-refractivity contribution in [2.24, 2.45) is 0 Å². The lowest BCUT2D eigenvalue weighted by molar-refractivity contribution is -0.205. The SMILES string of the molecule is CCCCCC=CCC=CC=CC=CCCCCC(O)(O)C(=O)O. The van der Waals surface area contributed by atoms with Crippen LogP contribution in [-0.2, 0) is 4.79 Å². The largest absolute Gasteiger partial charge is 0.477 e. The van der Waals surface area contributed by atoms with E-state index in [9.17, 15) is 4.79 Å². The van der Waals surface area contributed by atoms with Crippen LogP contribution in [0.4, 0.5) is 0 Å². The molecular weight excluding hydrogens is 304 g/mol. The Morgan fingerprint density at radius 2 is 1.46 bits per heavy atom. The first-order valence-corrected chi connectivity index (χ1v) is 8.82. The molecule has 0 fully saturated rings. The van der Waals surface area contributed by atoms with E-state index < -0.39 is 11.8 Å². The monoisotopic (exact) mass is 336 g/mol. The van der Waals surface area contributed by atoms with Gasteiger partial charge in [-0.05, 0) is 38.5 Å². The van der Waals surface area contributed by atoms with Gasteiger partial charge in [0.1, 0.15) is 0 Å². The highest BCUT2D eigenvalue weighted by atomic mass is 16.5. The molecule has 0 saturated heterocycles. The number of hydrogen-bond donors (Lipinski definition) is 3. The van der Waals surface area contributed by atoms with Crippen LogP contribution in [0.1, 0.15) is 64.7 Å². The Balaban J connectivity index is 3.61. The van der Waals surface area contributed by atoms with Gasteiger partial charge in [-0.1, -0.05) is 68.4 Å². The van der Waals surface area contributed by atoms with E-state index in [4.69, 9.17) is 15.3 Å². The smallest absolute Gasteiger partial charge is 0.364 e. The molecule has 0 aliphatic carbocycles. The summed E-state index contributed by atoms with van der Waals surface area (Å²) in [5.74, 6) is -4.19. The summed E-state index contributed by atoms with van der Waals surface area (Å²) in [6, 6.07) is 0. The Morgan fingerprint density at radius 3 is 2.12 bits per heavy atom. The van der Waals surface area contributed by atoms with Gasteiger partial charge in [0.15, 0.2) is 0 Å². The second-order valence-corrected chi connectivity index (χ2v) is 5.81. The quantitative estimate of drug-likeness (QED) is 0.189. The van der Waals surface area contributed by atoms with Crippen molar-refractivity contribution < 1.29 is 20.1 Å². The molecule has 0 rings (SSSR count). The van der Waals surface area contributed by atoms with Crippen molar-refractivity contribution in [1.29, 1.82) is 0 Å². The van der Waals surface area contributed by atoms with Gasteiger partial charge in [0, 0.05) is 6.42 Å². The van der Waals surface area contributed by atoms with Crippen LogP contribution in [0, 0.1) is 0 Å².